The van der Waals surface area contributed by atoms with Crippen LogP contribution in [0.15, 0.2) is 37.0 Å². The van der Waals surface area contributed by atoms with E-state index >= 15 is 0 Å². The third-order valence-corrected chi connectivity index (χ3v) is 3.56. The summed E-state index contributed by atoms with van der Waals surface area (Å²) in [6.07, 6.45) is 2.10. The molecular weight excluding hydrogens is 224 g/mol. The fraction of sp³-hybridized carbons (Fsp3) is 0.333. The van der Waals surface area contributed by atoms with Gasteiger partial charge in [0.1, 0.15) is 0 Å². The third kappa shape index (κ3) is 1.81. The van der Waals surface area contributed by atoms with E-state index in [0.29, 0.717) is 0 Å². The van der Waals surface area contributed by atoms with Crippen LogP contribution < -0.4 is 0 Å². The minimum absolute atomic E-state index is 0.791. The lowest BCUT2D eigenvalue weighted by Gasteiger charge is -2.31. The zero-order valence-corrected chi connectivity index (χ0v) is 10.7. The van der Waals surface area contributed by atoms with Crippen molar-refractivity contribution in [1.82, 2.24) is 9.30 Å². The van der Waals surface area contributed by atoms with Crippen molar-refractivity contribution in [2.45, 2.75) is 6.92 Å². The lowest BCUT2D eigenvalue weighted by atomic mass is 10.1. The molecule has 18 heavy (non-hydrogen) atoms. The molecule has 3 heteroatoms. The minimum atomic E-state index is 0.791. The summed E-state index contributed by atoms with van der Waals surface area (Å²) in [7, 11) is 0. The van der Waals surface area contributed by atoms with E-state index in [4.69, 9.17) is 4.74 Å². The number of hydrogen-bond acceptors (Lipinski definition) is 2. The molecule has 0 aliphatic carbocycles. The van der Waals surface area contributed by atoms with Gasteiger partial charge < -0.3 is 14.0 Å². The molecular formula is C15H18N2O. The number of pyridine rings is 1. The smallest absolute Gasteiger partial charge is 0.0713 e. The average molecular weight is 242 g/mol. The first kappa shape index (κ1) is 11.4. The van der Waals surface area contributed by atoms with Crippen LogP contribution in [0.1, 0.15) is 11.3 Å². The Labute approximate surface area is 107 Å². The van der Waals surface area contributed by atoms with Gasteiger partial charge in [-0.15, -0.1) is 0 Å². The van der Waals surface area contributed by atoms with Gasteiger partial charge in [0.05, 0.1) is 24.6 Å². The van der Waals surface area contributed by atoms with Crippen LogP contribution in [0.3, 0.4) is 0 Å². The van der Waals surface area contributed by atoms with E-state index in [9.17, 15) is 0 Å². The molecule has 1 fully saturated rings. The number of ether oxygens (including phenoxy) is 1. The largest absolute Gasteiger partial charge is 0.378 e. The van der Waals surface area contributed by atoms with Crippen LogP contribution in [0.5, 0.6) is 0 Å². The minimum Gasteiger partial charge on any atom is -0.378 e. The monoisotopic (exact) mass is 242 g/mol. The van der Waals surface area contributed by atoms with E-state index in [-0.39, 0.29) is 0 Å². The van der Waals surface area contributed by atoms with E-state index < -0.39 is 0 Å². The Bertz CT molecular complexity index is 579. The van der Waals surface area contributed by atoms with E-state index in [0.717, 1.165) is 32.0 Å². The summed E-state index contributed by atoms with van der Waals surface area (Å²) in [5.41, 5.74) is 4.78. The van der Waals surface area contributed by atoms with E-state index in [1.54, 1.807) is 0 Å². The highest BCUT2D eigenvalue weighted by Gasteiger charge is 2.16. The Morgan fingerprint density at radius 2 is 2.00 bits per heavy atom. The van der Waals surface area contributed by atoms with Crippen molar-refractivity contribution in [3.8, 4) is 0 Å². The molecule has 1 aliphatic heterocycles. The second-order valence-electron chi connectivity index (χ2n) is 4.71. The predicted molar refractivity (Wildman–Crippen MR) is 73.6 cm³/mol. The SMILES string of the molecule is C=C(c1c(C)ccc2cccn12)N1CCOCC1. The topological polar surface area (TPSA) is 16.9 Å². The Morgan fingerprint density at radius 3 is 2.78 bits per heavy atom. The number of fused-ring (bicyclic) bond motifs is 1. The molecule has 0 spiro atoms. The van der Waals surface area contributed by atoms with Crippen molar-refractivity contribution in [2.24, 2.45) is 0 Å². The summed E-state index contributed by atoms with van der Waals surface area (Å²) in [4.78, 5) is 2.31. The molecule has 2 aromatic rings. The maximum absolute atomic E-state index is 5.40. The predicted octanol–water partition coefficient (Wildman–Crippen LogP) is 2.55. The summed E-state index contributed by atoms with van der Waals surface area (Å²) < 4.78 is 7.61. The first-order valence-corrected chi connectivity index (χ1v) is 6.36. The molecule has 0 unspecified atom stereocenters. The molecule has 2 aromatic heterocycles. The van der Waals surface area contributed by atoms with Crippen molar-refractivity contribution in [3.05, 3.63) is 48.3 Å². The second-order valence-corrected chi connectivity index (χ2v) is 4.71. The maximum atomic E-state index is 5.40. The fourth-order valence-corrected chi connectivity index (χ4v) is 2.56. The Balaban J connectivity index is 2.04. The molecule has 0 bridgehead atoms. The van der Waals surface area contributed by atoms with E-state index in [2.05, 4.69) is 53.3 Å². The third-order valence-electron chi connectivity index (χ3n) is 3.56. The first-order chi connectivity index (χ1) is 8.77. The highest BCUT2D eigenvalue weighted by Crippen LogP contribution is 2.23. The molecule has 3 nitrogen and oxygen atoms in total. The molecule has 0 atom stereocenters. The van der Waals surface area contributed by atoms with Crippen LogP contribution in [0.25, 0.3) is 11.2 Å². The highest BCUT2D eigenvalue weighted by molar-refractivity contribution is 5.66. The normalized spacial score (nSPS) is 16.2. The number of nitrogens with zero attached hydrogens (tertiary/aromatic N) is 2. The molecule has 3 rings (SSSR count). The van der Waals surface area contributed by atoms with Crippen LogP contribution in [-0.4, -0.2) is 35.6 Å². The lowest BCUT2D eigenvalue weighted by Crippen LogP contribution is -2.35. The average Bonchev–Trinajstić information content (AvgIpc) is 2.87. The summed E-state index contributed by atoms with van der Waals surface area (Å²) >= 11 is 0. The van der Waals surface area contributed by atoms with Crippen LogP contribution in [0.4, 0.5) is 0 Å². The summed E-state index contributed by atoms with van der Waals surface area (Å²) in [5, 5.41) is 0. The Morgan fingerprint density at radius 1 is 1.22 bits per heavy atom. The maximum Gasteiger partial charge on any atom is 0.0713 e. The lowest BCUT2D eigenvalue weighted by molar-refractivity contribution is 0.0639. The van der Waals surface area contributed by atoms with Crippen molar-refractivity contribution in [1.29, 1.82) is 0 Å². The fourth-order valence-electron chi connectivity index (χ4n) is 2.56. The van der Waals surface area contributed by atoms with Crippen molar-refractivity contribution in [2.75, 3.05) is 26.3 Å². The molecule has 3 heterocycles. The van der Waals surface area contributed by atoms with Gasteiger partial charge >= 0.3 is 0 Å². The van der Waals surface area contributed by atoms with Gasteiger partial charge in [0.25, 0.3) is 0 Å². The van der Waals surface area contributed by atoms with Gasteiger partial charge in [-0.05, 0) is 30.7 Å². The summed E-state index contributed by atoms with van der Waals surface area (Å²) in [6, 6.07) is 8.50. The quantitative estimate of drug-likeness (QED) is 0.805. The van der Waals surface area contributed by atoms with Crippen molar-refractivity contribution >= 4 is 11.2 Å². The summed E-state index contributed by atoms with van der Waals surface area (Å²) in [5.74, 6) is 0. The van der Waals surface area contributed by atoms with Crippen LogP contribution in [-0.2, 0) is 4.74 Å². The highest BCUT2D eigenvalue weighted by atomic mass is 16.5. The van der Waals surface area contributed by atoms with Gasteiger partial charge in [0.15, 0.2) is 0 Å². The Hall–Kier alpha value is -1.74. The molecule has 94 valence electrons. The summed E-state index contributed by atoms with van der Waals surface area (Å²) in [6.45, 7) is 9.86. The molecule has 1 saturated heterocycles. The number of aromatic nitrogens is 1. The second kappa shape index (κ2) is 4.50. The number of hydrogen-bond donors (Lipinski definition) is 0. The van der Waals surface area contributed by atoms with Gasteiger partial charge in [0, 0.05) is 24.8 Å². The first-order valence-electron chi connectivity index (χ1n) is 6.36. The number of aryl methyl sites for hydroxylation is 1. The van der Waals surface area contributed by atoms with Gasteiger partial charge in [0.2, 0.25) is 0 Å². The van der Waals surface area contributed by atoms with Crippen LogP contribution in [0, 0.1) is 6.92 Å². The molecule has 1 aliphatic rings. The van der Waals surface area contributed by atoms with Crippen LogP contribution in [0.2, 0.25) is 0 Å². The number of morpholine rings is 1. The van der Waals surface area contributed by atoms with E-state index in [1.807, 2.05) is 0 Å². The molecule has 0 saturated carbocycles. The van der Waals surface area contributed by atoms with Gasteiger partial charge in [-0.2, -0.15) is 0 Å². The van der Waals surface area contributed by atoms with Crippen molar-refractivity contribution in [3.63, 3.8) is 0 Å². The van der Waals surface area contributed by atoms with E-state index in [1.165, 1.54) is 16.8 Å². The number of rotatable bonds is 2. The standard InChI is InChI=1S/C15H18N2O/c1-12-5-6-14-4-3-7-17(14)15(12)13(2)16-8-10-18-11-9-16/h3-7H,2,8-11H2,1H3. The zero-order chi connectivity index (χ0) is 12.5. The zero-order valence-electron chi connectivity index (χ0n) is 10.7. The molecule has 0 aromatic carbocycles. The van der Waals surface area contributed by atoms with Gasteiger partial charge in [-0.25, -0.2) is 0 Å². The molecule has 0 N–H and O–H groups in total. The Kier molecular flexibility index (Phi) is 2.84. The van der Waals surface area contributed by atoms with Gasteiger partial charge in [-0.1, -0.05) is 12.6 Å². The van der Waals surface area contributed by atoms with Gasteiger partial charge in [-0.3, -0.25) is 0 Å². The molecule has 0 amide bonds. The van der Waals surface area contributed by atoms with Crippen LogP contribution >= 0.6 is 0 Å². The van der Waals surface area contributed by atoms with Crippen molar-refractivity contribution < 1.29 is 4.74 Å². The molecule has 0 radical (unpaired) electrons.